The van der Waals surface area contributed by atoms with E-state index in [0.717, 1.165) is 5.56 Å². The zero-order chi connectivity index (χ0) is 21.5. The maximum atomic E-state index is 14.3. The van der Waals surface area contributed by atoms with Gasteiger partial charge in [-0.3, -0.25) is 4.68 Å². The minimum absolute atomic E-state index is 0.0621. The SMILES string of the molecule is Cn1nc(COc2nn3c(-c4ccccc4F)nnc3cc2C(C)(C)C)nc1CO. The van der Waals surface area contributed by atoms with Gasteiger partial charge in [-0.1, -0.05) is 32.9 Å². The smallest absolute Gasteiger partial charge is 0.236 e. The van der Waals surface area contributed by atoms with Crippen LogP contribution >= 0.6 is 0 Å². The summed E-state index contributed by atoms with van der Waals surface area (Å²) in [5.74, 6) is 1.08. The van der Waals surface area contributed by atoms with Crippen LogP contribution < -0.4 is 4.74 Å². The summed E-state index contributed by atoms with van der Waals surface area (Å²) in [6.07, 6.45) is 0. The maximum Gasteiger partial charge on any atom is 0.236 e. The number of rotatable bonds is 5. The van der Waals surface area contributed by atoms with Gasteiger partial charge in [0.05, 0.1) is 5.56 Å². The normalized spacial score (nSPS) is 11.9. The molecule has 0 unspecified atom stereocenters. The third kappa shape index (κ3) is 3.61. The molecule has 30 heavy (non-hydrogen) atoms. The lowest BCUT2D eigenvalue weighted by Crippen LogP contribution is -2.16. The van der Waals surface area contributed by atoms with Gasteiger partial charge in [0.1, 0.15) is 12.4 Å². The molecule has 0 radical (unpaired) electrons. The molecule has 0 spiro atoms. The Balaban J connectivity index is 1.77. The molecule has 1 aromatic carbocycles. The number of nitrogens with zero attached hydrogens (tertiary/aromatic N) is 7. The molecular formula is C20H22FN7O2. The quantitative estimate of drug-likeness (QED) is 0.538. The van der Waals surface area contributed by atoms with E-state index in [0.29, 0.717) is 28.7 Å². The van der Waals surface area contributed by atoms with E-state index in [2.05, 4.69) is 25.4 Å². The molecule has 10 heteroatoms. The van der Waals surface area contributed by atoms with Crippen molar-refractivity contribution in [2.45, 2.75) is 39.4 Å². The largest absolute Gasteiger partial charge is 0.468 e. The Morgan fingerprint density at radius 3 is 2.57 bits per heavy atom. The van der Waals surface area contributed by atoms with Crippen molar-refractivity contribution in [3.8, 4) is 17.3 Å². The number of aliphatic hydroxyl groups excluding tert-OH is 1. The van der Waals surface area contributed by atoms with Gasteiger partial charge in [-0.15, -0.1) is 15.3 Å². The van der Waals surface area contributed by atoms with E-state index in [4.69, 9.17) is 4.74 Å². The van der Waals surface area contributed by atoms with E-state index in [1.807, 2.05) is 26.8 Å². The second-order valence-corrected chi connectivity index (χ2v) is 7.90. The Morgan fingerprint density at radius 2 is 1.90 bits per heavy atom. The molecule has 0 aliphatic rings. The molecule has 0 bridgehead atoms. The van der Waals surface area contributed by atoms with Crippen molar-refractivity contribution in [2.75, 3.05) is 0 Å². The van der Waals surface area contributed by atoms with Gasteiger partial charge in [-0.05, 0) is 23.6 Å². The number of ether oxygens (including phenoxy) is 1. The molecule has 0 amide bonds. The standard InChI is InChI=1S/C20H22FN7O2/c1-20(2,3)13-9-16-23-24-18(12-7-5-6-8-14(12)21)28(16)26-19(13)30-11-15-22-17(10-29)27(4)25-15/h5-9,29H,10-11H2,1-4H3. The molecule has 0 saturated heterocycles. The third-order valence-corrected chi connectivity index (χ3v) is 4.66. The van der Waals surface area contributed by atoms with E-state index >= 15 is 0 Å². The van der Waals surface area contributed by atoms with Crippen LogP contribution in [0.2, 0.25) is 0 Å². The fraction of sp³-hybridized carbons (Fsp3) is 0.350. The molecule has 0 aliphatic carbocycles. The first kappa shape index (κ1) is 19.9. The third-order valence-electron chi connectivity index (χ3n) is 4.66. The molecule has 3 heterocycles. The van der Waals surface area contributed by atoms with Crippen LogP contribution in [0.25, 0.3) is 17.0 Å². The molecular weight excluding hydrogens is 389 g/mol. The Bertz CT molecular complexity index is 1210. The number of fused-ring (bicyclic) bond motifs is 1. The van der Waals surface area contributed by atoms with Crippen LogP contribution in [0.3, 0.4) is 0 Å². The summed E-state index contributed by atoms with van der Waals surface area (Å²) >= 11 is 0. The highest BCUT2D eigenvalue weighted by Crippen LogP contribution is 2.32. The molecule has 0 aliphatic heterocycles. The summed E-state index contributed by atoms with van der Waals surface area (Å²) in [5.41, 5.74) is 1.32. The van der Waals surface area contributed by atoms with Crippen LogP contribution in [0.1, 0.15) is 38.0 Å². The lowest BCUT2D eigenvalue weighted by atomic mass is 9.88. The van der Waals surface area contributed by atoms with Crippen LogP contribution in [-0.2, 0) is 25.7 Å². The average molecular weight is 411 g/mol. The second kappa shape index (κ2) is 7.45. The minimum Gasteiger partial charge on any atom is -0.468 e. The van der Waals surface area contributed by atoms with Gasteiger partial charge in [-0.2, -0.15) is 9.61 Å². The van der Waals surface area contributed by atoms with Gasteiger partial charge in [0.25, 0.3) is 0 Å². The predicted octanol–water partition coefficient (Wildman–Crippen LogP) is 2.43. The molecule has 3 aromatic heterocycles. The molecule has 4 aromatic rings. The highest BCUT2D eigenvalue weighted by molar-refractivity contribution is 5.60. The summed E-state index contributed by atoms with van der Waals surface area (Å²) in [5, 5.41) is 26.4. The maximum absolute atomic E-state index is 14.3. The van der Waals surface area contributed by atoms with Gasteiger partial charge in [-0.25, -0.2) is 9.37 Å². The zero-order valence-corrected chi connectivity index (χ0v) is 17.2. The van der Waals surface area contributed by atoms with E-state index in [9.17, 15) is 9.50 Å². The van der Waals surface area contributed by atoms with Crippen LogP contribution in [0.5, 0.6) is 5.88 Å². The summed E-state index contributed by atoms with van der Waals surface area (Å²) < 4.78 is 23.2. The van der Waals surface area contributed by atoms with E-state index in [-0.39, 0.29) is 24.5 Å². The van der Waals surface area contributed by atoms with Gasteiger partial charge in [0, 0.05) is 12.6 Å². The summed E-state index contributed by atoms with van der Waals surface area (Å²) in [7, 11) is 1.70. The fourth-order valence-electron chi connectivity index (χ4n) is 3.08. The average Bonchev–Trinajstić information content (AvgIpc) is 3.27. The Hall–Kier alpha value is -3.40. The van der Waals surface area contributed by atoms with Gasteiger partial charge in [0.15, 0.2) is 29.7 Å². The Labute approximate surface area is 172 Å². The van der Waals surface area contributed by atoms with Crippen molar-refractivity contribution >= 4 is 5.65 Å². The number of aromatic nitrogens is 7. The number of hydrogen-bond acceptors (Lipinski definition) is 7. The number of halogens is 1. The predicted molar refractivity (Wildman–Crippen MR) is 106 cm³/mol. The number of aliphatic hydroxyl groups is 1. The van der Waals surface area contributed by atoms with E-state index in [1.165, 1.54) is 15.3 Å². The van der Waals surface area contributed by atoms with Crippen molar-refractivity contribution in [3.05, 3.63) is 53.4 Å². The van der Waals surface area contributed by atoms with Gasteiger partial charge >= 0.3 is 0 Å². The van der Waals surface area contributed by atoms with Crippen LogP contribution in [0.15, 0.2) is 30.3 Å². The molecule has 0 fully saturated rings. The molecule has 156 valence electrons. The Kier molecular flexibility index (Phi) is 4.94. The summed E-state index contributed by atoms with van der Waals surface area (Å²) in [6, 6.07) is 8.17. The van der Waals surface area contributed by atoms with Crippen molar-refractivity contribution in [1.82, 2.24) is 34.6 Å². The monoisotopic (exact) mass is 411 g/mol. The lowest BCUT2D eigenvalue weighted by Gasteiger charge is -2.21. The number of benzene rings is 1. The Morgan fingerprint density at radius 1 is 1.13 bits per heavy atom. The van der Waals surface area contributed by atoms with Crippen molar-refractivity contribution < 1.29 is 14.2 Å². The summed E-state index contributed by atoms with van der Waals surface area (Å²) in [6.45, 7) is 5.94. The second-order valence-electron chi connectivity index (χ2n) is 7.90. The molecule has 9 nitrogen and oxygen atoms in total. The molecule has 1 N–H and O–H groups in total. The van der Waals surface area contributed by atoms with Crippen LogP contribution in [0.4, 0.5) is 4.39 Å². The minimum atomic E-state index is -0.412. The fourth-order valence-corrected chi connectivity index (χ4v) is 3.08. The highest BCUT2D eigenvalue weighted by atomic mass is 19.1. The van der Waals surface area contributed by atoms with Crippen molar-refractivity contribution in [1.29, 1.82) is 0 Å². The molecule has 0 atom stereocenters. The first-order chi connectivity index (χ1) is 14.3. The number of aryl methyl sites for hydroxylation is 1. The van der Waals surface area contributed by atoms with E-state index in [1.54, 1.807) is 25.2 Å². The molecule has 4 rings (SSSR count). The van der Waals surface area contributed by atoms with E-state index < -0.39 is 5.82 Å². The first-order valence-electron chi connectivity index (χ1n) is 9.42. The topological polar surface area (TPSA) is 103 Å². The van der Waals surface area contributed by atoms with Gasteiger partial charge in [0.2, 0.25) is 5.88 Å². The zero-order valence-electron chi connectivity index (χ0n) is 17.2. The summed E-state index contributed by atoms with van der Waals surface area (Å²) in [4.78, 5) is 4.23. The van der Waals surface area contributed by atoms with Crippen molar-refractivity contribution in [3.63, 3.8) is 0 Å². The van der Waals surface area contributed by atoms with Crippen LogP contribution in [-0.4, -0.2) is 39.7 Å². The van der Waals surface area contributed by atoms with Crippen LogP contribution in [0, 0.1) is 5.82 Å². The number of hydrogen-bond donors (Lipinski definition) is 1. The van der Waals surface area contributed by atoms with Gasteiger partial charge < -0.3 is 9.84 Å². The first-order valence-corrected chi connectivity index (χ1v) is 9.42. The lowest BCUT2D eigenvalue weighted by molar-refractivity contribution is 0.264. The highest BCUT2D eigenvalue weighted by Gasteiger charge is 2.24. The van der Waals surface area contributed by atoms with Crippen molar-refractivity contribution in [2.24, 2.45) is 7.05 Å². The molecule has 0 saturated carbocycles.